The number of halogens is 3. The van der Waals surface area contributed by atoms with Crippen molar-refractivity contribution in [1.29, 1.82) is 0 Å². The third-order valence-electron chi connectivity index (χ3n) is 4.58. The summed E-state index contributed by atoms with van der Waals surface area (Å²) in [4.78, 5) is 21.3. The lowest BCUT2D eigenvalue weighted by atomic mass is 10.0. The highest BCUT2D eigenvalue weighted by Crippen LogP contribution is 2.22. The second kappa shape index (κ2) is 13.9. The van der Waals surface area contributed by atoms with Crippen LogP contribution in [0.2, 0.25) is 0 Å². The molecule has 1 aromatic heterocycles. The van der Waals surface area contributed by atoms with E-state index in [0.29, 0.717) is 6.61 Å². The van der Waals surface area contributed by atoms with Crippen molar-refractivity contribution in [2.45, 2.75) is 46.4 Å². The van der Waals surface area contributed by atoms with E-state index < -0.39 is 0 Å². The van der Waals surface area contributed by atoms with Gasteiger partial charge in [0.05, 0.1) is 11.6 Å². The predicted molar refractivity (Wildman–Crippen MR) is 119 cm³/mol. The maximum Gasteiger partial charge on any atom is 0.227 e. The van der Waals surface area contributed by atoms with Gasteiger partial charge in [-0.2, -0.15) is 0 Å². The molecule has 0 bridgehead atoms. The van der Waals surface area contributed by atoms with Gasteiger partial charge in [-0.05, 0) is 20.8 Å². The third-order valence-corrected chi connectivity index (χ3v) is 5.64. The minimum atomic E-state index is -0.113. The van der Waals surface area contributed by atoms with Crippen LogP contribution in [-0.2, 0) is 16.1 Å². The van der Waals surface area contributed by atoms with Crippen LogP contribution in [0.5, 0.6) is 0 Å². The molecule has 1 aliphatic heterocycles. The minimum absolute atomic E-state index is 0. The van der Waals surface area contributed by atoms with Crippen LogP contribution in [0.25, 0.3) is 0 Å². The van der Waals surface area contributed by atoms with Crippen molar-refractivity contribution in [1.82, 2.24) is 14.8 Å². The molecule has 1 aliphatic rings. The lowest BCUT2D eigenvalue weighted by Crippen LogP contribution is -2.51. The number of piperazine rings is 1. The van der Waals surface area contributed by atoms with Gasteiger partial charge in [0.1, 0.15) is 11.1 Å². The monoisotopic (exact) mass is 462 g/mol. The Kier molecular flexibility index (Phi) is 15.0. The number of ether oxygens (including phenoxy) is 1. The summed E-state index contributed by atoms with van der Waals surface area (Å²) < 4.78 is 5.59. The number of carbonyl (C=O) groups excluding carboxylic acids is 1. The summed E-state index contributed by atoms with van der Waals surface area (Å²) in [5, 5.41) is 3.15. The number of amides is 1. The van der Waals surface area contributed by atoms with Crippen LogP contribution >= 0.6 is 48.6 Å². The van der Waals surface area contributed by atoms with Gasteiger partial charge in [0.2, 0.25) is 5.91 Å². The molecule has 1 aromatic rings. The van der Waals surface area contributed by atoms with Gasteiger partial charge >= 0.3 is 0 Å². The molecule has 0 radical (unpaired) electrons. The molecule has 0 spiro atoms. The van der Waals surface area contributed by atoms with E-state index in [-0.39, 0.29) is 61.2 Å². The van der Waals surface area contributed by atoms with E-state index in [2.05, 4.69) is 15.3 Å². The molecule has 2 N–H and O–H groups in total. The van der Waals surface area contributed by atoms with Crippen molar-refractivity contribution < 1.29 is 9.53 Å². The number of aromatic nitrogens is 1. The quantitative estimate of drug-likeness (QED) is 0.672. The van der Waals surface area contributed by atoms with Crippen molar-refractivity contribution in [3.8, 4) is 0 Å². The molecule has 160 valence electrons. The van der Waals surface area contributed by atoms with Crippen LogP contribution in [0.15, 0.2) is 5.38 Å². The van der Waals surface area contributed by atoms with Gasteiger partial charge in [-0.1, -0.05) is 6.92 Å². The maximum atomic E-state index is 12.3. The fourth-order valence-electron chi connectivity index (χ4n) is 2.77. The smallest absolute Gasteiger partial charge is 0.227 e. The van der Waals surface area contributed by atoms with E-state index in [4.69, 9.17) is 10.5 Å². The van der Waals surface area contributed by atoms with E-state index in [0.717, 1.165) is 43.4 Å². The normalized spacial score (nSPS) is 17.7. The lowest BCUT2D eigenvalue weighted by molar-refractivity contribution is -0.137. The number of carbonyl (C=O) groups is 1. The predicted octanol–water partition coefficient (Wildman–Crippen LogP) is 3.13. The van der Waals surface area contributed by atoms with Gasteiger partial charge in [0.15, 0.2) is 0 Å². The zero-order valence-electron chi connectivity index (χ0n) is 16.4. The molecule has 2 heterocycles. The Morgan fingerprint density at radius 1 is 1.22 bits per heavy atom. The van der Waals surface area contributed by atoms with Crippen molar-refractivity contribution in [2.24, 2.45) is 11.7 Å². The van der Waals surface area contributed by atoms with Crippen molar-refractivity contribution in [3.63, 3.8) is 0 Å². The van der Waals surface area contributed by atoms with E-state index in [1.54, 1.807) is 11.3 Å². The first-order valence-corrected chi connectivity index (χ1v) is 9.63. The Bertz CT molecular complexity index is 540. The molecule has 1 saturated heterocycles. The highest BCUT2D eigenvalue weighted by atomic mass is 35.5. The van der Waals surface area contributed by atoms with E-state index in [1.807, 2.05) is 32.6 Å². The number of nitrogens with zero attached hydrogens (tertiary/aromatic N) is 3. The Hall–Kier alpha value is -0.150. The number of hydrogen-bond acceptors (Lipinski definition) is 6. The van der Waals surface area contributed by atoms with Gasteiger partial charge in [0, 0.05) is 50.8 Å². The number of thiazole rings is 1. The summed E-state index contributed by atoms with van der Waals surface area (Å²) in [7, 11) is 0. The molecule has 2 rings (SSSR count). The summed E-state index contributed by atoms with van der Waals surface area (Å²) in [6.07, 6.45) is 0.0583. The fraction of sp³-hybridized carbons (Fsp3) is 0.765. The molecule has 0 aliphatic carbocycles. The highest BCUT2D eigenvalue weighted by Gasteiger charge is 2.27. The number of rotatable bonds is 7. The van der Waals surface area contributed by atoms with Crippen molar-refractivity contribution in [2.75, 3.05) is 32.8 Å². The van der Waals surface area contributed by atoms with Gasteiger partial charge in [-0.25, -0.2) is 4.98 Å². The van der Waals surface area contributed by atoms with Crippen LogP contribution in [0, 0.1) is 5.92 Å². The Labute approximate surface area is 185 Å². The van der Waals surface area contributed by atoms with Gasteiger partial charge in [-0.3, -0.25) is 9.69 Å². The van der Waals surface area contributed by atoms with Crippen molar-refractivity contribution in [3.05, 3.63) is 16.1 Å². The van der Waals surface area contributed by atoms with Gasteiger partial charge < -0.3 is 15.4 Å². The van der Waals surface area contributed by atoms with Crippen LogP contribution in [0.4, 0.5) is 0 Å². The first-order chi connectivity index (χ1) is 11.4. The molecular formula is C17H33Cl3N4O2S. The highest BCUT2D eigenvalue weighted by molar-refractivity contribution is 7.09. The van der Waals surface area contributed by atoms with E-state index >= 15 is 0 Å². The number of nitrogens with two attached hydrogens (primary N) is 1. The summed E-state index contributed by atoms with van der Waals surface area (Å²) in [5.41, 5.74) is 6.93. The second-order valence-corrected chi connectivity index (χ2v) is 7.41. The van der Waals surface area contributed by atoms with Crippen LogP contribution in [0.3, 0.4) is 0 Å². The molecule has 0 saturated carbocycles. The van der Waals surface area contributed by atoms with Crippen LogP contribution in [-0.4, -0.2) is 59.5 Å². The molecular weight excluding hydrogens is 431 g/mol. The van der Waals surface area contributed by atoms with E-state index in [1.165, 1.54) is 0 Å². The first-order valence-electron chi connectivity index (χ1n) is 8.75. The third kappa shape index (κ3) is 8.40. The topological polar surface area (TPSA) is 71.7 Å². The van der Waals surface area contributed by atoms with Gasteiger partial charge in [0.25, 0.3) is 0 Å². The maximum absolute atomic E-state index is 12.3. The summed E-state index contributed by atoms with van der Waals surface area (Å²) >= 11 is 1.66. The molecule has 1 amide bonds. The van der Waals surface area contributed by atoms with Crippen molar-refractivity contribution >= 4 is 54.5 Å². The Morgan fingerprint density at radius 3 is 2.33 bits per heavy atom. The fourth-order valence-corrected chi connectivity index (χ4v) is 3.59. The molecule has 3 atom stereocenters. The zero-order chi connectivity index (χ0) is 17.7. The molecule has 0 aromatic carbocycles. The molecule has 3 unspecified atom stereocenters. The largest absolute Gasteiger partial charge is 0.372 e. The molecule has 1 fully saturated rings. The van der Waals surface area contributed by atoms with Crippen LogP contribution in [0.1, 0.15) is 44.5 Å². The molecule has 10 heteroatoms. The number of hydrogen-bond donors (Lipinski definition) is 1. The molecule has 6 nitrogen and oxygen atoms in total. The summed E-state index contributed by atoms with van der Waals surface area (Å²) in [6, 6.07) is -0.101. The molecule has 27 heavy (non-hydrogen) atoms. The van der Waals surface area contributed by atoms with E-state index in [9.17, 15) is 4.79 Å². The van der Waals surface area contributed by atoms with Gasteiger partial charge in [-0.15, -0.1) is 48.6 Å². The average molecular weight is 464 g/mol. The minimum Gasteiger partial charge on any atom is -0.372 e. The summed E-state index contributed by atoms with van der Waals surface area (Å²) in [6.45, 7) is 12.7. The average Bonchev–Trinajstić information content (AvgIpc) is 3.03. The summed E-state index contributed by atoms with van der Waals surface area (Å²) in [5.74, 6) is 0.0591. The SMILES string of the molecule is CCOC(C)c1nc(CN2CCN(C(=O)C(C)C(C)N)CC2)cs1.Cl.Cl.Cl. The lowest BCUT2D eigenvalue weighted by Gasteiger charge is -2.36. The second-order valence-electron chi connectivity index (χ2n) is 6.52. The standard InChI is InChI=1S/C17H30N4O2S.3ClH/c1-5-23-14(4)16-19-15(11-24-16)10-20-6-8-21(9-7-20)17(22)12(2)13(3)18;;;/h11-14H,5-10,18H2,1-4H3;3*1H. The Morgan fingerprint density at radius 2 is 1.81 bits per heavy atom. The van der Waals surface area contributed by atoms with Crippen LogP contribution < -0.4 is 5.73 Å². The first kappa shape index (κ1) is 29.1. The Balaban J connectivity index is 0. The zero-order valence-corrected chi connectivity index (χ0v) is 19.7.